The molecule has 1 aromatic carbocycles. The van der Waals surface area contributed by atoms with E-state index in [1.807, 2.05) is 0 Å². The number of anilines is 1. The van der Waals surface area contributed by atoms with Crippen molar-refractivity contribution in [1.82, 2.24) is 14.8 Å². The Morgan fingerprint density at radius 3 is 2.90 bits per heavy atom. The molecule has 1 atom stereocenters. The first-order valence-corrected chi connectivity index (χ1v) is 9.69. The van der Waals surface area contributed by atoms with E-state index in [9.17, 15) is 18.0 Å². The van der Waals surface area contributed by atoms with Crippen molar-refractivity contribution in [3.05, 3.63) is 36.2 Å². The van der Waals surface area contributed by atoms with E-state index in [0.717, 1.165) is 24.2 Å². The molecule has 2 aromatic heterocycles. The molecule has 3 aromatic rings. The Labute approximate surface area is 167 Å². The quantitative estimate of drug-likeness (QED) is 0.622. The molecule has 1 amide bonds. The van der Waals surface area contributed by atoms with Crippen LogP contribution in [0.4, 0.5) is 18.3 Å². The summed E-state index contributed by atoms with van der Waals surface area (Å²) in [4.78, 5) is 19.1. The summed E-state index contributed by atoms with van der Waals surface area (Å²) in [6.45, 7) is 0.937. The summed E-state index contributed by atoms with van der Waals surface area (Å²) >= 11 is 1.12. The van der Waals surface area contributed by atoms with Crippen molar-refractivity contribution >= 4 is 32.6 Å². The van der Waals surface area contributed by atoms with Gasteiger partial charge in [0.15, 0.2) is 5.13 Å². The molecule has 1 saturated heterocycles. The molecule has 1 aliphatic rings. The van der Waals surface area contributed by atoms with Crippen LogP contribution in [0.1, 0.15) is 23.3 Å². The van der Waals surface area contributed by atoms with E-state index >= 15 is 0 Å². The number of halogens is 3. The zero-order valence-corrected chi connectivity index (χ0v) is 16.2. The summed E-state index contributed by atoms with van der Waals surface area (Å²) in [5, 5.41) is 4.41. The summed E-state index contributed by atoms with van der Waals surface area (Å²) in [6.07, 6.45) is -1.64. The highest BCUT2D eigenvalue weighted by molar-refractivity contribution is 7.22. The Hall–Kier alpha value is -2.66. The van der Waals surface area contributed by atoms with Gasteiger partial charge >= 0.3 is 6.36 Å². The van der Waals surface area contributed by atoms with Gasteiger partial charge in [-0.15, -0.1) is 13.2 Å². The number of fused-ring (bicyclic) bond motifs is 1. The number of hydrogen-bond donors (Lipinski definition) is 0. The van der Waals surface area contributed by atoms with Gasteiger partial charge in [-0.3, -0.25) is 14.4 Å². The average molecular weight is 426 g/mol. The van der Waals surface area contributed by atoms with Crippen LogP contribution in [0.25, 0.3) is 10.2 Å². The second-order valence-corrected chi connectivity index (χ2v) is 7.57. The van der Waals surface area contributed by atoms with Crippen LogP contribution in [-0.2, 0) is 11.8 Å². The predicted molar refractivity (Wildman–Crippen MR) is 100 cm³/mol. The first-order valence-electron chi connectivity index (χ1n) is 8.88. The van der Waals surface area contributed by atoms with Gasteiger partial charge in [0, 0.05) is 25.9 Å². The lowest BCUT2D eigenvalue weighted by atomic mass is 10.2. The molecule has 1 unspecified atom stereocenters. The molecular weight excluding hydrogens is 409 g/mol. The van der Waals surface area contributed by atoms with Crippen LogP contribution < -0.4 is 9.64 Å². The summed E-state index contributed by atoms with van der Waals surface area (Å²) in [5.41, 5.74) is 0.859. The van der Waals surface area contributed by atoms with Gasteiger partial charge in [0.2, 0.25) is 0 Å². The van der Waals surface area contributed by atoms with Crippen LogP contribution in [0, 0.1) is 0 Å². The molecule has 0 bridgehead atoms. The predicted octanol–water partition coefficient (Wildman–Crippen LogP) is 3.75. The number of carbonyl (C=O) groups is 1. The van der Waals surface area contributed by atoms with Gasteiger partial charge in [-0.05, 0) is 31.0 Å². The molecule has 29 heavy (non-hydrogen) atoms. The largest absolute Gasteiger partial charge is 0.573 e. The van der Waals surface area contributed by atoms with E-state index < -0.39 is 6.36 Å². The second-order valence-electron chi connectivity index (χ2n) is 6.56. The molecule has 4 rings (SSSR count). The second kappa shape index (κ2) is 7.64. The number of hydrogen-bond acceptors (Lipinski definition) is 6. The van der Waals surface area contributed by atoms with Crippen molar-refractivity contribution in [3.63, 3.8) is 0 Å². The smallest absolute Gasteiger partial charge is 0.406 e. The van der Waals surface area contributed by atoms with Gasteiger partial charge < -0.3 is 9.47 Å². The number of aromatic nitrogens is 3. The van der Waals surface area contributed by atoms with E-state index in [4.69, 9.17) is 4.74 Å². The molecule has 0 N–H and O–H groups in total. The van der Waals surface area contributed by atoms with E-state index in [2.05, 4.69) is 14.8 Å². The first-order chi connectivity index (χ1) is 13.8. The van der Waals surface area contributed by atoms with Crippen molar-refractivity contribution in [2.75, 3.05) is 18.1 Å². The highest BCUT2D eigenvalue weighted by atomic mass is 32.1. The third kappa shape index (κ3) is 4.35. The van der Waals surface area contributed by atoms with Gasteiger partial charge in [-0.2, -0.15) is 5.10 Å². The lowest BCUT2D eigenvalue weighted by Crippen LogP contribution is -2.38. The van der Waals surface area contributed by atoms with Gasteiger partial charge in [0.1, 0.15) is 11.4 Å². The number of ether oxygens (including phenoxy) is 2. The minimum atomic E-state index is -4.78. The standard InChI is InChI=1S/C18H17F3N4O3S/c1-24-14(6-7-22-24)16(26)25(10-12-3-2-8-27-12)17-23-13-5-4-11(9-15(13)29-17)28-18(19,20)21/h4-7,9,12H,2-3,8,10H2,1H3. The monoisotopic (exact) mass is 426 g/mol. The van der Waals surface area contributed by atoms with Gasteiger partial charge in [-0.1, -0.05) is 11.3 Å². The average Bonchev–Trinajstić information content (AvgIpc) is 3.37. The third-order valence-corrected chi connectivity index (χ3v) is 5.55. The van der Waals surface area contributed by atoms with Crippen molar-refractivity contribution in [1.29, 1.82) is 0 Å². The van der Waals surface area contributed by atoms with E-state index in [1.165, 1.54) is 34.0 Å². The molecular formula is C18H17F3N4O3S. The molecule has 7 nitrogen and oxygen atoms in total. The molecule has 0 radical (unpaired) electrons. The Morgan fingerprint density at radius 1 is 1.41 bits per heavy atom. The number of thiazole rings is 1. The number of benzene rings is 1. The van der Waals surface area contributed by atoms with Crippen LogP contribution in [0.2, 0.25) is 0 Å². The maximum atomic E-state index is 13.1. The van der Waals surface area contributed by atoms with Crippen LogP contribution in [0.15, 0.2) is 30.5 Å². The zero-order chi connectivity index (χ0) is 20.6. The number of aryl methyl sites for hydroxylation is 1. The van der Waals surface area contributed by atoms with Gasteiger partial charge in [0.05, 0.1) is 22.9 Å². The van der Waals surface area contributed by atoms with E-state index in [0.29, 0.717) is 34.2 Å². The first kappa shape index (κ1) is 19.6. The Kier molecular flexibility index (Phi) is 5.17. The van der Waals surface area contributed by atoms with E-state index in [-0.39, 0.29) is 17.8 Å². The molecule has 1 fully saturated rings. The summed E-state index contributed by atoms with van der Waals surface area (Å²) in [5.74, 6) is -0.629. The minimum absolute atomic E-state index is 0.122. The molecule has 3 heterocycles. The molecule has 0 spiro atoms. The SMILES string of the molecule is Cn1nccc1C(=O)N(CC1CCCO1)c1nc2ccc(OC(F)(F)F)cc2s1. The van der Waals surface area contributed by atoms with Gasteiger partial charge in [0.25, 0.3) is 5.91 Å². The van der Waals surface area contributed by atoms with Crippen molar-refractivity contribution in [2.45, 2.75) is 25.3 Å². The third-order valence-electron chi connectivity index (χ3n) is 4.51. The molecule has 0 aliphatic carbocycles. The minimum Gasteiger partial charge on any atom is -0.406 e. The molecule has 11 heteroatoms. The van der Waals surface area contributed by atoms with E-state index in [1.54, 1.807) is 13.1 Å². The summed E-state index contributed by atoms with van der Waals surface area (Å²) in [7, 11) is 1.66. The van der Waals surface area contributed by atoms with Crippen molar-refractivity contribution < 1.29 is 27.4 Å². The fourth-order valence-corrected chi connectivity index (χ4v) is 4.17. The fourth-order valence-electron chi connectivity index (χ4n) is 3.17. The van der Waals surface area contributed by atoms with Crippen LogP contribution in [-0.4, -0.2) is 46.3 Å². The number of nitrogens with zero attached hydrogens (tertiary/aromatic N) is 4. The summed E-state index contributed by atoms with van der Waals surface area (Å²) < 4.78 is 49.1. The van der Waals surface area contributed by atoms with Crippen LogP contribution in [0.5, 0.6) is 5.75 Å². The maximum absolute atomic E-state index is 13.1. The lowest BCUT2D eigenvalue weighted by Gasteiger charge is -2.22. The summed E-state index contributed by atoms with van der Waals surface area (Å²) in [6, 6.07) is 5.51. The molecule has 0 saturated carbocycles. The number of amides is 1. The highest BCUT2D eigenvalue weighted by Gasteiger charge is 2.32. The molecule has 154 valence electrons. The lowest BCUT2D eigenvalue weighted by molar-refractivity contribution is -0.274. The Bertz CT molecular complexity index is 1030. The normalized spacial score (nSPS) is 17.0. The molecule has 1 aliphatic heterocycles. The van der Waals surface area contributed by atoms with Gasteiger partial charge in [-0.25, -0.2) is 4.98 Å². The zero-order valence-electron chi connectivity index (χ0n) is 15.3. The van der Waals surface area contributed by atoms with Crippen molar-refractivity contribution in [3.8, 4) is 5.75 Å². The Balaban J connectivity index is 1.68. The number of carbonyl (C=O) groups excluding carboxylic acids is 1. The maximum Gasteiger partial charge on any atom is 0.573 e. The highest BCUT2D eigenvalue weighted by Crippen LogP contribution is 2.34. The fraction of sp³-hybridized carbons (Fsp3) is 0.389. The Morgan fingerprint density at radius 2 is 2.24 bits per heavy atom. The topological polar surface area (TPSA) is 69.5 Å². The van der Waals surface area contributed by atoms with Crippen LogP contribution >= 0.6 is 11.3 Å². The van der Waals surface area contributed by atoms with Crippen molar-refractivity contribution in [2.24, 2.45) is 7.05 Å². The number of rotatable bonds is 5. The number of alkyl halides is 3. The van der Waals surface area contributed by atoms with Crippen LogP contribution in [0.3, 0.4) is 0 Å².